The number of nitrogens with zero attached hydrogens (tertiary/aromatic N) is 4. The van der Waals surface area contributed by atoms with Gasteiger partial charge in [0, 0.05) is 43.9 Å². The summed E-state index contributed by atoms with van der Waals surface area (Å²) in [5, 5.41) is 7.11. The molecular weight excluding hydrogens is 258 g/mol. The lowest BCUT2D eigenvalue weighted by atomic mass is 10.1. The molecule has 1 aliphatic rings. The number of hydrogen-bond donors (Lipinski definition) is 1. The third-order valence-corrected chi connectivity index (χ3v) is 3.34. The molecule has 0 unspecified atom stereocenters. The summed E-state index contributed by atoms with van der Waals surface area (Å²) in [5.74, 6) is 2.04. The average Bonchev–Trinajstić information content (AvgIpc) is 2.94. The molecule has 0 saturated carbocycles. The van der Waals surface area contributed by atoms with E-state index in [1.54, 1.807) is 14.2 Å². The Hall–Kier alpha value is -2.15. The lowest BCUT2D eigenvalue weighted by Crippen LogP contribution is -2.31. The molecule has 0 aliphatic carbocycles. The summed E-state index contributed by atoms with van der Waals surface area (Å²) in [5.41, 5.74) is 2.42. The van der Waals surface area contributed by atoms with Crippen LogP contribution >= 0.6 is 0 Å². The van der Waals surface area contributed by atoms with Gasteiger partial charge in [-0.2, -0.15) is 10.1 Å². The van der Waals surface area contributed by atoms with Crippen LogP contribution in [0.2, 0.25) is 0 Å². The Kier molecular flexibility index (Phi) is 3.51. The lowest BCUT2D eigenvalue weighted by Gasteiger charge is -2.27. The summed E-state index contributed by atoms with van der Waals surface area (Å²) >= 11 is 0. The number of fused-ring (bicyclic) bond motifs is 1. The van der Waals surface area contributed by atoms with E-state index in [4.69, 9.17) is 9.47 Å². The molecule has 2 aromatic rings. The largest absolute Gasteiger partial charge is 0.481 e. The fourth-order valence-corrected chi connectivity index (χ4v) is 2.34. The van der Waals surface area contributed by atoms with Gasteiger partial charge in [-0.3, -0.25) is 5.10 Å². The van der Waals surface area contributed by atoms with Gasteiger partial charge in [0.15, 0.2) is 5.82 Å². The summed E-state index contributed by atoms with van der Waals surface area (Å²) in [6, 6.07) is 1.85. The zero-order valence-electron chi connectivity index (χ0n) is 11.6. The van der Waals surface area contributed by atoms with Crippen molar-refractivity contribution in [2.45, 2.75) is 19.6 Å². The maximum atomic E-state index is 5.24. The molecular formula is C13H17N5O2. The molecule has 7 heteroatoms. The van der Waals surface area contributed by atoms with Crippen molar-refractivity contribution in [3.8, 4) is 5.88 Å². The van der Waals surface area contributed by atoms with Crippen LogP contribution in [0, 0.1) is 0 Å². The van der Waals surface area contributed by atoms with Crippen LogP contribution in [-0.2, 0) is 24.3 Å². The third-order valence-electron chi connectivity index (χ3n) is 3.34. The van der Waals surface area contributed by atoms with Crippen molar-refractivity contribution in [1.29, 1.82) is 0 Å². The van der Waals surface area contributed by atoms with E-state index in [0.717, 1.165) is 25.3 Å². The molecule has 0 atom stereocenters. The molecule has 2 aromatic heterocycles. The van der Waals surface area contributed by atoms with Gasteiger partial charge in [0.05, 0.1) is 13.3 Å². The summed E-state index contributed by atoms with van der Waals surface area (Å²) in [4.78, 5) is 11.0. The standard InChI is InChI=1S/C13H17N5O2/c1-19-8-11-15-12(5-13(16-11)20-2)18-4-3-10-9(7-18)6-14-17-10/h5-6H,3-4,7-8H2,1-2H3,(H,14,17). The van der Waals surface area contributed by atoms with Crippen LogP contribution in [0.1, 0.15) is 17.1 Å². The Morgan fingerprint density at radius 1 is 1.35 bits per heavy atom. The van der Waals surface area contributed by atoms with E-state index in [2.05, 4.69) is 25.1 Å². The highest BCUT2D eigenvalue weighted by Crippen LogP contribution is 2.24. The first-order chi connectivity index (χ1) is 9.80. The Bertz CT molecular complexity index is 598. The summed E-state index contributed by atoms with van der Waals surface area (Å²) < 4.78 is 10.3. The first-order valence-corrected chi connectivity index (χ1v) is 6.47. The monoisotopic (exact) mass is 275 g/mol. The first-order valence-electron chi connectivity index (χ1n) is 6.47. The van der Waals surface area contributed by atoms with Crippen molar-refractivity contribution in [1.82, 2.24) is 20.2 Å². The van der Waals surface area contributed by atoms with Crippen LogP contribution in [0.5, 0.6) is 5.88 Å². The fraction of sp³-hybridized carbons (Fsp3) is 0.462. The molecule has 7 nitrogen and oxygen atoms in total. The second kappa shape index (κ2) is 5.46. The number of H-pyrrole nitrogens is 1. The van der Waals surface area contributed by atoms with Crippen molar-refractivity contribution in [3.05, 3.63) is 29.3 Å². The number of aromatic amines is 1. The van der Waals surface area contributed by atoms with Crippen LogP contribution in [0.3, 0.4) is 0 Å². The number of ether oxygens (including phenoxy) is 2. The first kappa shape index (κ1) is 12.9. The highest BCUT2D eigenvalue weighted by atomic mass is 16.5. The molecule has 0 radical (unpaired) electrons. The maximum absolute atomic E-state index is 5.24. The minimum atomic E-state index is 0.370. The Labute approximate surface area is 116 Å². The number of methoxy groups -OCH3 is 2. The molecule has 0 spiro atoms. The van der Waals surface area contributed by atoms with Gasteiger partial charge in [-0.05, 0) is 0 Å². The normalized spacial score (nSPS) is 14.2. The van der Waals surface area contributed by atoms with E-state index in [1.165, 1.54) is 11.3 Å². The zero-order chi connectivity index (χ0) is 13.9. The maximum Gasteiger partial charge on any atom is 0.218 e. The Morgan fingerprint density at radius 2 is 2.25 bits per heavy atom. The molecule has 0 aromatic carbocycles. The van der Waals surface area contributed by atoms with Gasteiger partial charge in [0.1, 0.15) is 12.4 Å². The Morgan fingerprint density at radius 3 is 3.05 bits per heavy atom. The van der Waals surface area contributed by atoms with Gasteiger partial charge in [0.25, 0.3) is 0 Å². The average molecular weight is 275 g/mol. The predicted molar refractivity (Wildman–Crippen MR) is 72.6 cm³/mol. The van der Waals surface area contributed by atoms with Gasteiger partial charge in [-0.1, -0.05) is 0 Å². The summed E-state index contributed by atoms with van der Waals surface area (Å²) in [7, 11) is 3.23. The summed E-state index contributed by atoms with van der Waals surface area (Å²) in [6.45, 7) is 2.05. The van der Waals surface area contributed by atoms with Crippen molar-refractivity contribution >= 4 is 5.82 Å². The lowest BCUT2D eigenvalue weighted by molar-refractivity contribution is 0.177. The number of anilines is 1. The Balaban J connectivity index is 1.88. The van der Waals surface area contributed by atoms with Gasteiger partial charge in [-0.25, -0.2) is 4.98 Å². The fourth-order valence-electron chi connectivity index (χ4n) is 2.34. The van der Waals surface area contributed by atoms with Crippen LogP contribution in [0.25, 0.3) is 0 Å². The topological polar surface area (TPSA) is 76.2 Å². The van der Waals surface area contributed by atoms with E-state index in [-0.39, 0.29) is 0 Å². The quantitative estimate of drug-likeness (QED) is 0.894. The van der Waals surface area contributed by atoms with E-state index >= 15 is 0 Å². The second-order valence-corrected chi connectivity index (χ2v) is 4.66. The molecule has 0 saturated heterocycles. The molecule has 0 fully saturated rings. The predicted octanol–water partition coefficient (Wildman–Crippen LogP) is 0.917. The van der Waals surface area contributed by atoms with Crippen LogP contribution in [0.15, 0.2) is 12.3 Å². The van der Waals surface area contributed by atoms with Crippen LogP contribution in [0.4, 0.5) is 5.82 Å². The SMILES string of the molecule is COCc1nc(OC)cc(N2CCc3[nH]ncc3C2)n1. The number of hydrogen-bond acceptors (Lipinski definition) is 6. The molecule has 1 N–H and O–H groups in total. The molecule has 1 aliphatic heterocycles. The van der Waals surface area contributed by atoms with E-state index in [0.29, 0.717) is 18.3 Å². The minimum absolute atomic E-state index is 0.370. The van der Waals surface area contributed by atoms with Gasteiger partial charge in [-0.15, -0.1) is 0 Å². The number of nitrogens with one attached hydrogen (secondary N) is 1. The highest BCUT2D eigenvalue weighted by Gasteiger charge is 2.20. The molecule has 106 valence electrons. The van der Waals surface area contributed by atoms with Crippen LogP contribution in [-0.4, -0.2) is 40.9 Å². The molecule has 0 amide bonds. The highest BCUT2D eigenvalue weighted by molar-refractivity contribution is 5.44. The van der Waals surface area contributed by atoms with Crippen molar-refractivity contribution < 1.29 is 9.47 Å². The smallest absolute Gasteiger partial charge is 0.218 e. The van der Waals surface area contributed by atoms with E-state index < -0.39 is 0 Å². The van der Waals surface area contributed by atoms with E-state index in [9.17, 15) is 0 Å². The van der Waals surface area contributed by atoms with Crippen molar-refractivity contribution in [2.75, 3.05) is 25.7 Å². The molecule has 3 heterocycles. The second-order valence-electron chi connectivity index (χ2n) is 4.66. The van der Waals surface area contributed by atoms with Crippen LogP contribution < -0.4 is 9.64 Å². The molecule has 20 heavy (non-hydrogen) atoms. The van der Waals surface area contributed by atoms with E-state index in [1.807, 2.05) is 12.3 Å². The third kappa shape index (κ3) is 2.44. The molecule has 0 bridgehead atoms. The van der Waals surface area contributed by atoms with Gasteiger partial charge in [0.2, 0.25) is 5.88 Å². The number of rotatable bonds is 4. The summed E-state index contributed by atoms with van der Waals surface area (Å²) in [6.07, 6.45) is 2.80. The number of aromatic nitrogens is 4. The van der Waals surface area contributed by atoms with Gasteiger partial charge >= 0.3 is 0 Å². The minimum Gasteiger partial charge on any atom is -0.481 e. The molecule has 3 rings (SSSR count). The zero-order valence-corrected chi connectivity index (χ0v) is 11.6. The van der Waals surface area contributed by atoms with Gasteiger partial charge < -0.3 is 14.4 Å². The van der Waals surface area contributed by atoms with Crippen molar-refractivity contribution in [3.63, 3.8) is 0 Å². The van der Waals surface area contributed by atoms with Crippen molar-refractivity contribution in [2.24, 2.45) is 0 Å².